The summed E-state index contributed by atoms with van der Waals surface area (Å²) in [5.74, 6) is 0.556. The summed E-state index contributed by atoms with van der Waals surface area (Å²) in [6.07, 6.45) is 3.18. The number of methoxy groups -OCH3 is 1. The van der Waals surface area contributed by atoms with Gasteiger partial charge in [-0.3, -0.25) is 4.79 Å². The van der Waals surface area contributed by atoms with E-state index >= 15 is 0 Å². The number of halogens is 1. The average molecular weight is 310 g/mol. The average Bonchev–Trinajstić information content (AvgIpc) is 2.89. The summed E-state index contributed by atoms with van der Waals surface area (Å²) in [5.41, 5.74) is 1.50. The van der Waals surface area contributed by atoms with Crippen LogP contribution < -0.4 is 10.1 Å². The molecule has 1 amide bonds. The molecule has 0 fully saturated rings. The molecule has 0 aliphatic rings. The van der Waals surface area contributed by atoms with Gasteiger partial charge in [-0.15, -0.1) is 0 Å². The number of ether oxygens (including phenoxy) is 1. The number of benzene rings is 1. The van der Waals surface area contributed by atoms with Crippen LogP contribution >= 0.6 is 15.9 Å². The van der Waals surface area contributed by atoms with Crippen molar-refractivity contribution >= 4 is 21.8 Å². The van der Waals surface area contributed by atoms with Gasteiger partial charge >= 0.3 is 0 Å². The lowest BCUT2D eigenvalue weighted by Gasteiger charge is -2.07. The highest BCUT2D eigenvalue weighted by molar-refractivity contribution is 9.10. The monoisotopic (exact) mass is 309 g/mol. The Morgan fingerprint density at radius 1 is 1.44 bits per heavy atom. The molecule has 4 nitrogen and oxygen atoms in total. The van der Waals surface area contributed by atoms with E-state index in [1.807, 2.05) is 6.07 Å². The van der Waals surface area contributed by atoms with E-state index < -0.39 is 0 Å². The molecule has 0 aliphatic heterocycles. The Hall–Kier alpha value is -1.75. The Balaban J connectivity index is 2.02. The highest BCUT2D eigenvalue weighted by Gasteiger charge is 2.08. The molecule has 0 atom stereocenters. The van der Waals surface area contributed by atoms with E-state index in [1.54, 1.807) is 37.8 Å². The van der Waals surface area contributed by atoms with Crippen molar-refractivity contribution in [2.45, 2.75) is 6.54 Å². The zero-order valence-corrected chi connectivity index (χ0v) is 11.4. The number of hydrogen-bond acceptors (Lipinski definition) is 3. The molecule has 1 heterocycles. The normalized spacial score (nSPS) is 10.1. The molecule has 1 aromatic heterocycles. The Kier molecular flexibility index (Phi) is 4.04. The molecule has 1 aromatic carbocycles. The molecular formula is C13H12BrNO3. The third kappa shape index (κ3) is 2.92. The van der Waals surface area contributed by atoms with Crippen LogP contribution in [0.4, 0.5) is 0 Å². The summed E-state index contributed by atoms with van der Waals surface area (Å²) < 4.78 is 10.8. The molecule has 0 radical (unpaired) electrons. The summed E-state index contributed by atoms with van der Waals surface area (Å²) in [7, 11) is 1.58. The lowest BCUT2D eigenvalue weighted by atomic mass is 10.2. The van der Waals surface area contributed by atoms with E-state index in [0.717, 1.165) is 10.0 Å². The number of nitrogens with one attached hydrogen (secondary N) is 1. The molecule has 0 saturated heterocycles. The van der Waals surface area contributed by atoms with Crippen molar-refractivity contribution < 1.29 is 13.9 Å². The van der Waals surface area contributed by atoms with Gasteiger partial charge in [-0.1, -0.05) is 0 Å². The molecular weight excluding hydrogens is 298 g/mol. The molecule has 2 aromatic rings. The molecule has 2 rings (SSSR count). The third-order valence-electron chi connectivity index (χ3n) is 2.45. The van der Waals surface area contributed by atoms with Crippen LogP contribution in [0.25, 0.3) is 0 Å². The van der Waals surface area contributed by atoms with Crippen molar-refractivity contribution in [3.63, 3.8) is 0 Å². The topological polar surface area (TPSA) is 51.5 Å². The molecule has 94 valence electrons. The van der Waals surface area contributed by atoms with Gasteiger partial charge in [-0.2, -0.15) is 0 Å². The smallest absolute Gasteiger partial charge is 0.251 e. The zero-order chi connectivity index (χ0) is 13.0. The largest absolute Gasteiger partial charge is 0.496 e. The second-order valence-corrected chi connectivity index (χ2v) is 4.52. The van der Waals surface area contributed by atoms with E-state index in [1.165, 1.54) is 0 Å². The minimum atomic E-state index is -0.139. The van der Waals surface area contributed by atoms with Crippen LogP contribution in [0.15, 0.2) is 45.7 Å². The van der Waals surface area contributed by atoms with Gasteiger partial charge in [0.2, 0.25) is 0 Å². The minimum Gasteiger partial charge on any atom is -0.496 e. The molecule has 0 spiro atoms. The first-order valence-electron chi connectivity index (χ1n) is 5.33. The van der Waals surface area contributed by atoms with Crippen molar-refractivity contribution in [3.05, 3.63) is 52.4 Å². The van der Waals surface area contributed by atoms with Gasteiger partial charge in [0.25, 0.3) is 5.91 Å². The fourth-order valence-corrected chi connectivity index (χ4v) is 2.03. The first kappa shape index (κ1) is 12.7. The van der Waals surface area contributed by atoms with Gasteiger partial charge in [-0.05, 0) is 40.2 Å². The Labute approximate surface area is 113 Å². The lowest BCUT2D eigenvalue weighted by Crippen LogP contribution is -2.22. The second-order valence-electron chi connectivity index (χ2n) is 3.66. The van der Waals surface area contributed by atoms with Crippen LogP contribution in [0.1, 0.15) is 15.9 Å². The van der Waals surface area contributed by atoms with Crippen molar-refractivity contribution in [1.82, 2.24) is 5.32 Å². The first-order valence-corrected chi connectivity index (χ1v) is 6.13. The van der Waals surface area contributed by atoms with E-state index in [0.29, 0.717) is 17.9 Å². The molecule has 0 bridgehead atoms. The zero-order valence-electron chi connectivity index (χ0n) is 9.77. The number of carbonyl (C=O) groups is 1. The Bertz CT molecular complexity index is 537. The summed E-state index contributed by atoms with van der Waals surface area (Å²) in [5, 5.41) is 2.81. The molecule has 18 heavy (non-hydrogen) atoms. The van der Waals surface area contributed by atoms with Gasteiger partial charge in [-0.25, -0.2) is 0 Å². The van der Waals surface area contributed by atoms with Crippen molar-refractivity contribution in [1.29, 1.82) is 0 Å². The van der Waals surface area contributed by atoms with E-state index in [2.05, 4.69) is 21.2 Å². The van der Waals surface area contributed by atoms with E-state index in [4.69, 9.17) is 9.15 Å². The highest BCUT2D eigenvalue weighted by Crippen LogP contribution is 2.25. The van der Waals surface area contributed by atoms with Gasteiger partial charge in [0.05, 0.1) is 24.1 Å². The second kappa shape index (κ2) is 5.73. The lowest BCUT2D eigenvalue weighted by molar-refractivity contribution is 0.0951. The number of carbonyl (C=O) groups excluding carboxylic acids is 1. The minimum absolute atomic E-state index is 0.139. The summed E-state index contributed by atoms with van der Waals surface area (Å²) >= 11 is 3.35. The van der Waals surface area contributed by atoms with E-state index in [-0.39, 0.29) is 5.91 Å². The quantitative estimate of drug-likeness (QED) is 0.944. The van der Waals surface area contributed by atoms with Crippen molar-refractivity contribution in [2.24, 2.45) is 0 Å². The van der Waals surface area contributed by atoms with Gasteiger partial charge < -0.3 is 14.5 Å². The van der Waals surface area contributed by atoms with Crippen LogP contribution in [0.3, 0.4) is 0 Å². The molecule has 0 saturated carbocycles. The summed E-state index contributed by atoms with van der Waals surface area (Å²) in [6.45, 7) is 0.443. The van der Waals surface area contributed by atoms with Crippen molar-refractivity contribution in [3.8, 4) is 5.75 Å². The van der Waals surface area contributed by atoms with Crippen LogP contribution in [-0.2, 0) is 6.54 Å². The predicted molar refractivity (Wildman–Crippen MR) is 70.6 cm³/mol. The van der Waals surface area contributed by atoms with Gasteiger partial charge in [0.1, 0.15) is 5.75 Å². The number of rotatable bonds is 4. The Morgan fingerprint density at radius 2 is 2.28 bits per heavy atom. The summed E-state index contributed by atoms with van der Waals surface area (Å²) in [6, 6.07) is 7.00. The molecule has 5 heteroatoms. The van der Waals surface area contributed by atoms with Crippen molar-refractivity contribution in [2.75, 3.05) is 7.11 Å². The maximum absolute atomic E-state index is 11.9. The fourth-order valence-electron chi connectivity index (χ4n) is 1.49. The highest BCUT2D eigenvalue weighted by atomic mass is 79.9. The molecule has 0 unspecified atom stereocenters. The maximum atomic E-state index is 11.9. The maximum Gasteiger partial charge on any atom is 0.251 e. The third-order valence-corrected chi connectivity index (χ3v) is 3.07. The van der Waals surface area contributed by atoms with Gasteiger partial charge in [0.15, 0.2) is 0 Å². The standard InChI is InChI=1S/C13H12BrNO3/c1-17-12-3-2-10(6-11(12)14)13(16)15-7-9-4-5-18-8-9/h2-6,8H,7H2,1H3,(H,15,16). The summed E-state index contributed by atoms with van der Waals surface area (Å²) in [4.78, 5) is 11.9. The van der Waals surface area contributed by atoms with Crippen LogP contribution in [0.5, 0.6) is 5.75 Å². The Morgan fingerprint density at radius 3 is 2.89 bits per heavy atom. The van der Waals surface area contributed by atoms with Gasteiger partial charge in [0, 0.05) is 17.7 Å². The van der Waals surface area contributed by atoms with Crippen LogP contribution in [0, 0.1) is 0 Å². The fraction of sp³-hybridized carbons (Fsp3) is 0.154. The number of amides is 1. The predicted octanol–water partition coefficient (Wildman–Crippen LogP) is 2.98. The van der Waals surface area contributed by atoms with Crippen LogP contribution in [0.2, 0.25) is 0 Å². The van der Waals surface area contributed by atoms with Crippen LogP contribution in [-0.4, -0.2) is 13.0 Å². The first-order chi connectivity index (χ1) is 8.70. The number of furan rings is 1. The van der Waals surface area contributed by atoms with E-state index in [9.17, 15) is 4.79 Å². The SMILES string of the molecule is COc1ccc(C(=O)NCc2ccoc2)cc1Br. The molecule has 0 aliphatic carbocycles. The number of hydrogen-bond donors (Lipinski definition) is 1. The molecule has 1 N–H and O–H groups in total.